The Labute approximate surface area is 151 Å². The van der Waals surface area contributed by atoms with Gasteiger partial charge >= 0.3 is 0 Å². The predicted molar refractivity (Wildman–Crippen MR) is 101 cm³/mol. The number of likely N-dealkylation sites (N-methyl/N-ethyl adjacent to an activating group) is 1. The summed E-state index contributed by atoms with van der Waals surface area (Å²) in [6.07, 6.45) is 3.30. The van der Waals surface area contributed by atoms with Gasteiger partial charge in [-0.1, -0.05) is 48.5 Å². The molecule has 1 unspecified atom stereocenters. The number of hydrogen-bond donors (Lipinski definition) is 2. The van der Waals surface area contributed by atoms with E-state index >= 15 is 0 Å². The van der Waals surface area contributed by atoms with Crippen LogP contribution in [0.15, 0.2) is 48.5 Å². The second kappa shape index (κ2) is 7.83. The van der Waals surface area contributed by atoms with E-state index in [1.807, 2.05) is 6.92 Å². The third-order valence-electron chi connectivity index (χ3n) is 5.55. The van der Waals surface area contributed by atoms with Crippen molar-refractivity contribution in [1.29, 1.82) is 0 Å². The van der Waals surface area contributed by atoms with Crippen LogP contribution in [0.25, 0.3) is 0 Å². The van der Waals surface area contributed by atoms with Crippen LogP contribution >= 0.6 is 0 Å². The Morgan fingerprint density at radius 2 is 1.92 bits per heavy atom. The van der Waals surface area contributed by atoms with Crippen molar-refractivity contribution in [1.82, 2.24) is 5.32 Å². The molecule has 0 radical (unpaired) electrons. The molecule has 3 heteroatoms. The number of benzene rings is 2. The molecule has 25 heavy (non-hydrogen) atoms. The molecule has 2 aromatic rings. The van der Waals surface area contributed by atoms with Gasteiger partial charge in [-0.15, -0.1) is 0 Å². The first kappa shape index (κ1) is 17.7. The molecular formula is C22H29N2O+. The smallest absolute Gasteiger partial charge is 0.278 e. The van der Waals surface area contributed by atoms with E-state index in [0.29, 0.717) is 0 Å². The first-order valence-electron chi connectivity index (χ1n) is 9.31. The Hall–Kier alpha value is -2.13. The number of fused-ring (bicyclic) bond motifs is 1. The summed E-state index contributed by atoms with van der Waals surface area (Å²) in [4.78, 5) is 14.0. The average Bonchev–Trinajstić information content (AvgIpc) is 2.63. The van der Waals surface area contributed by atoms with Crippen LogP contribution in [0.1, 0.15) is 48.1 Å². The normalized spacial score (nSPS) is 18.9. The van der Waals surface area contributed by atoms with Gasteiger partial charge in [0.2, 0.25) is 0 Å². The Morgan fingerprint density at radius 1 is 1.20 bits per heavy atom. The lowest BCUT2D eigenvalue weighted by Gasteiger charge is -2.29. The van der Waals surface area contributed by atoms with Crippen molar-refractivity contribution in [2.75, 3.05) is 7.05 Å². The van der Waals surface area contributed by atoms with Crippen molar-refractivity contribution in [3.8, 4) is 0 Å². The standard InChI is InChI=1S/C22H28N2O/c1-16-9-4-5-11-19(16)15-24(3)17(2)22(25)23-21-14-8-12-18-10-6-7-13-20(18)21/h4-7,9-11,13,17,21H,8,12,14-15H2,1-3H3,(H,23,25)/p+1/t17-,21-/m1/s1. The molecule has 0 heterocycles. The molecule has 3 nitrogen and oxygen atoms in total. The molecule has 3 atom stereocenters. The van der Waals surface area contributed by atoms with Crippen molar-refractivity contribution < 1.29 is 9.69 Å². The summed E-state index contributed by atoms with van der Waals surface area (Å²) in [5.74, 6) is 0.146. The van der Waals surface area contributed by atoms with Gasteiger partial charge in [0.25, 0.3) is 5.91 Å². The number of nitrogens with one attached hydrogen (secondary N) is 2. The summed E-state index contributed by atoms with van der Waals surface area (Å²) >= 11 is 0. The number of hydrogen-bond acceptors (Lipinski definition) is 1. The van der Waals surface area contributed by atoms with E-state index in [1.165, 1.54) is 27.2 Å². The molecule has 3 rings (SSSR count). The van der Waals surface area contributed by atoms with Crippen molar-refractivity contribution in [2.24, 2.45) is 0 Å². The minimum absolute atomic E-state index is 0.0753. The zero-order chi connectivity index (χ0) is 17.8. The van der Waals surface area contributed by atoms with Crippen LogP contribution < -0.4 is 10.2 Å². The molecule has 1 amide bonds. The number of rotatable bonds is 5. The van der Waals surface area contributed by atoms with Gasteiger partial charge in [-0.05, 0) is 49.8 Å². The molecule has 0 aliphatic heterocycles. The van der Waals surface area contributed by atoms with Crippen molar-refractivity contribution in [2.45, 2.75) is 51.7 Å². The fourth-order valence-electron chi connectivity index (χ4n) is 3.69. The fourth-order valence-corrected chi connectivity index (χ4v) is 3.69. The molecule has 2 N–H and O–H groups in total. The lowest BCUT2D eigenvalue weighted by molar-refractivity contribution is -0.908. The third kappa shape index (κ3) is 4.10. The molecule has 1 aliphatic rings. The monoisotopic (exact) mass is 337 g/mol. The zero-order valence-corrected chi connectivity index (χ0v) is 15.5. The van der Waals surface area contributed by atoms with Gasteiger partial charge in [-0.3, -0.25) is 4.79 Å². The minimum atomic E-state index is -0.0753. The fraction of sp³-hybridized carbons (Fsp3) is 0.409. The topological polar surface area (TPSA) is 33.5 Å². The van der Waals surface area contributed by atoms with Crippen molar-refractivity contribution >= 4 is 5.91 Å². The molecule has 132 valence electrons. The van der Waals surface area contributed by atoms with Crippen LogP contribution in [0, 0.1) is 6.92 Å². The van der Waals surface area contributed by atoms with Gasteiger partial charge in [0, 0.05) is 5.56 Å². The van der Waals surface area contributed by atoms with E-state index in [9.17, 15) is 4.79 Å². The van der Waals surface area contributed by atoms with Gasteiger partial charge in [-0.25, -0.2) is 0 Å². The maximum absolute atomic E-state index is 12.8. The lowest BCUT2D eigenvalue weighted by atomic mass is 9.87. The number of amides is 1. The number of quaternary nitrogens is 1. The molecule has 0 fully saturated rings. The highest BCUT2D eigenvalue weighted by atomic mass is 16.2. The number of carbonyl (C=O) groups excluding carboxylic acids is 1. The van der Waals surface area contributed by atoms with E-state index in [1.54, 1.807) is 0 Å². The van der Waals surface area contributed by atoms with Crippen LogP contribution in [0.4, 0.5) is 0 Å². The minimum Gasteiger partial charge on any atom is -0.344 e. The van der Waals surface area contributed by atoms with Crippen molar-refractivity contribution in [3.05, 3.63) is 70.8 Å². The summed E-state index contributed by atoms with van der Waals surface area (Å²) in [6.45, 7) is 5.02. The maximum atomic E-state index is 12.8. The second-order valence-electron chi connectivity index (χ2n) is 7.32. The summed E-state index contributed by atoms with van der Waals surface area (Å²) in [5, 5.41) is 3.30. The Balaban J connectivity index is 1.64. The number of aryl methyl sites for hydroxylation is 2. The van der Waals surface area contributed by atoms with E-state index in [-0.39, 0.29) is 18.0 Å². The van der Waals surface area contributed by atoms with E-state index in [2.05, 4.69) is 67.8 Å². The van der Waals surface area contributed by atoms with E-state index in [4.69, 9.17) is 0 Å². The Morgan fingerprint density at radius 3 is 2.72 bits per heavy atom. The molecule has 0 bridgehead atoms. The summed E-state index contributed by atoms with van der Waals surface area (Å²) in [5.41, 5.74) is 5.27. The highest BCUT2D eigenvalue weighted by Gasteiger charge is 2.27. The van der Waals surface area contributed by atoms with Gasteiger partial charge in [-0.2, -0.15) is 0 Å². The second-order valence-corrected chi connectivity index (χ2v) is 7.32. The van der Waals surface area contributed by atoms with Gasteiger partial charge in [0.15, 0.2) is 6.04 Å². The molecule has 1 aliphatic carbocycles. The Bertz CT molecular complexity index is 740. The van der Waals surface area contributed by atoms with Gasteiger partial charge < -0.3 is 10.2 Å². The summed E-state index contributed by atoms with van der Waals surface area (Å²) in [7, 11) is 2.10. The molecular weight excluding hydrogens is 308 g/mol. The lowest BCUT2D eigenvalue weighted by Crippen LogP contribution is -3.12. The first-order valence-corrected chi connectivity index (χ1v) is 9.31. The summed E-state index contributed by atoms with van der Waals surface area (Å²) < 4.78 is 0. The van der Waals surface area contributed by atoms with Gasteiger partial charge in [0.1, 0.15) is 6.54 Å². The highest BCUT2D eigenvalue weighted by molar-refractivity contribution is 5.80. The third-order valence-corrected chi connectivity index (χ3v) is 5.55. The molecule has 0 saturated carbocycles. The van der Waals surface area contributed by atoms with Crippen LogP contribution in [0.5, 0.6) is 0 Å². The molecule has 0 saturated heterocycles. The quantitative estimate of drug-likeness (QED) is 0.864. The molecule has 0 aromatic heterocycles. The number of carbonyl (C=O) groups is 1. The van der Waals surface area contributed by atoms with Crippen molar-refractivity contribution in [3.63, 3.8) is 0 Å². The van der Waals surface area contributed by atoms with Crippen LogP contribution in [-0.4, -0.2) is 19.0 Å². The SMILES string of the molecule is Cc1ccccc1C[NH+](C)[C@H](C)C(=O)N[C@@H]1CCCc2ccccc21. The predicted octanol–water partition coefficient (Wildman–Crippen LogP) is 2.59. The zero-order valence-electron chi connectivity index (χ0n) is 15.5. The first-order chi connectivity index (χ1) is 12.1. The van der Waals surface area contributed by atoms with E-state index in [0.717, 1.165) is 25.8 Å². The van der Waals surface area contributed by atoms with Crippen LogP contribution in [0.2, 0.25) is 0 Å². The van der Waals surface area contributed by atoms with E-state index < -0.39 is 0 Å². The largest absolute Gasteiger partial charge is 0.344 e. The highest BCUT2D eigenvalue weighted by Crippen LogP contribution is 2.29. The summed E-state index contributed by atoms with van der Waals surface area (Å²) in [6, 6.07) is 17.0. The molecule has 2 aromatic carbocycles. The van der Waals surface area contributed by atoms with Gasteiger partial charge in [0.05, 0.1) is 13.1 Å². The average molecular weight is 337 g/mol. The molecule has 0 spiro atoms. The Kier molecular flexibility index (Phi) is 5.54. The maximum Gasteiger partial charge on any atom is 0.278 e. The van der Waals surface area contributed by atoms with Crippen LogP contribution in [0.3, 0.4) is 0 Å². The van der Waals surface area contributed by atoms with Crippen LogP contribution in [-0.2, 0) is 17.8 Å².